The lowest BCUT2D eigenvalue weighted by Crippen LogP contribution is -2.04. The van der Waals surface area contributed by atoms with Gasteiger partial charge in [-0.15, -0.1) is 11.3 Å². The number of nitrogens with one attached hydrogen (secondary N) is 1. The summed E-state index contributed by atoms with van der Waals surface area (Å²) in [5.74, 6) is 0.157. The first-order valence-electron chi connectivity index (χ1n) is 6.89. The van der Waals surface area contributed by atoms with Crippen LogP contribution in [0.15, 0.2) is 12.4 Å². The van der Waals surface area contributed by atoms with E-state index in [1.165, 1.54) is 4.88 Å². The Morgan fingerprint density at radius 1 is 1.35 bits per heavy atom. The minimum atomic E-state index is -0.721. The molecule has 5 nitrogen and oxygen atoms in total. The fourth-order valence-electron chi connectivity index (χ4n) is 2.01. The van der Waals surface area contributed by atoms with Gasteiger partial charge in [0.25, 0.3) is 0 Å². The van der Waals surface area contributed by atoms with E-state index in [9.17, 15) is 4.79 Å². The number of unbranched alkanes of at least 4 members (excludes halogenated alkanes) is 2. The van der Waals surface area contributed by atoms with E-state index in [4.69, 9.17) is 5.11 Å². The molecular weight excluding hydrogens is 274 g/mol. The van der Waals surface area contributed by atoms with Gasteiger partial charge in [0.2, 0.25) is 0 Å². The van der Waals surface area contributed by atoms with Gasteiger partial charge in [-0.05, 0) is 25.3 Å². The minimum Gasteiger partial charge on any atom is -0.481 e. The molecule has 0 amide bonds. The Morgan fingerprint density at radius 3 is 2.95 bits per heavy atom. The van der Waals surface area contributed by atoms with E-state index in [0.717, 1.165) is 48.3 Å². The lowest BCUT2D eigenvalue weighted by Gasteiger charge is -2.05. The van der Waals surface area contributed by atoms with E-state index in [1.807, 2.05) is 0 Å². The van der Waals surface area contributed by atoms with Crippen LogP contribution in [0.2, 0.25) is 0 Å². The van der Waals surface area contributed by atoms with Crippen LogP contribution < -0.4 is 5.32 Å². The summed E-state index contributed by atoms with van der Waals surface area (Å²) in [4.78, 5) is 21.3. The standard InChI is InChI=1S/C14H19N3O2S/c1-2-10-8-11-13(16-9-17-14(11)20-10)15-7-5-3-4-6-12(18)19/h8-9H,2-7H2,1H3,(H,18,19)(H,15,16,17). The molecule has 0 aliphatic heterocycles. The molecule has 0 spiro atoms. The van der Waals surface area contributed by atoms with E-state index in [1.54, 1.807) is 17.7 Å². The maximum atomic E-state index is 10.4. The molecule has 0 bridgehead atoms. The topological polar surface area (TPSA) is 75.1 Å². The van der Waals surface area contributed by atoms with Gasteiger partial charge >= 0.3 is 5.97 Å². The Hall–Kier alpha value is -1.69. The van der Waals surface area contributed by atoms with Crippen molar-refractivity contribution in [2.24, 2.45) is 0 Å². The van der Waals surface area contributed by atoms with Crippen LogP contribution in [0.3, 0.4) is 0 Å². The summed E-state index contributed by atoms with van der Waals surface area (Å²) in [6.45, 7) is 2.94. The Balaban J connectivity index is 1.86. The van der Waals surface area contributed by atoms with Crippen LogP contribution in [0.1, 0.15) is 37.5 Å². The van der Waals surface area contributed by atoms with Crippen molar-refractivity contribution < 1.29 is 9.90 Å². The molecule has 2 aromatic rings. The molecule has 2 heterocycles. The highest BCUT2D eigenvalue weighted by atomic mass is 32.1. The average molecular weight is 293 g/mol. The van der Waals surface area contributed by atoms with E-state index < -0.39 is 5.97 Å². The van der Waals surface area contributed by atoms with Gasteiger partial charge in [0, 0.05) is 17.8 Å². The second-order valence-electron chi connectivity index (χ2n) is 4.64. The van der Waals surface area contributed by atoms with Gasteiger partial charge < -0.3 is 10.4 Å². The smallest absolute Gasteiger partial charge is 0.303 e. The maximum Gasteiger partial charge on any atom is 0.303 e. The number of anilines is 1. The summed E-state index contributed by atoms with van der Waals surface area (Å²) in [5.41, 5.74) is 0. The molecule has 0 unspecified atom stereocenters. The first kappa shape index (κ1) is 14.7. The second-order valence-corrected chi connectivity index (χ2v) is 5.75. The largest absolute Gasteiger partial charge is 0.481 e. The number of hydrogen-bond donors (Lipinski definition) is 2. The van der Waals surface area contributed by atoms with Gasteiger partial charge in [-0.2, -0.15) is 0 Å². The highest BCUT2D eigenvalue weighted by Crippen LogP contribution is 2.28. The number of nitrogens with zero attached hydrogens (tertiary/aromatic N) is 2. The fourth-order valence-corrected chi connectivity index (χ4v) is 2.94. The normalized spacial score (nSPS) is 10.8. The van der Waals surface area contributed by atoms with Crippen LogP contribution in [0.4, 0.5) is 5.82 Å². The van der Waals surface area contributed by atoms with Gasteiger partial charge in [0.05, 0.1) is 5.39 Å². The molecule has 2 rings (SSSR count). The number of thiophene rings is 1. The Morgan fingerprint density at radius 2 is 2.20 bits per heavy atom. The van der Waals surface area contributed by atoms with Crippen molar-refractivity contribution in [2.45, 2.75) is 39.0 Å². The van der Waals surface area contributed by atoms with E-state index in [-0.39, 0.29) is 6.42 Å². The first-order valence-corrected chi connectivity index (χ1v) is 7.71. The number of carbonyl (C=O) groups is 1. The predicted octanol–water partition coefficient (Wildman–Crippen LogP) is 3.31. The monoisotopic (exact) mass is 293 g/mol. The molecule has 108 valence electrons. The Bertz CT molecular complexity index is 583. The van der Waals surface area contributed by atoms with Gasteiger partial charge in [0.15, 0.2) is 0 Å². The SMILES string of the molecule is CCc1cc2c(NCCCCCC(=O)O)ncnc2s1. The molecule has 0 saturated heterocycles. The van der Waals surface area contributed by atoms with Crippen molar-refractivity contribution >= 4 is 33.3 Å². The summed E-state index contributed by atoms with van der Waals surface area (Å²) in [6.07, 6.45) is 5.44. The van der Waals surface area contributed by atoms with Gasteiger partial charge in [-0.25, -0.2) is 9.97 Å². The molecule has 0 radical (unpaired) electrons. The Labute approximate surface area is 122 Å². The third kappa shape index (κ3) is 3.90. The lowest BCUT2D eigenvalue weighted by molar-refractivity contribution is -0.137. The third-order valence-corrected chi connectivity index (χ3v) is 4.28. The van der Waals surface area contributed by atoms with Gasteiger partial charge in [-0.1, -0.05) is 13.3 Å². The number of carboxylic acid groups (broad SMARTS) is 1. The molecule has 6 heteroatoms. The minimum absolute atomic E-state index is 0.252. The van der Waals surface area contributed by atoms with Crippen molar-refractivity contribution in [1.82, 2.24) is 9.97 Å². The summed E-state index contributed by atoms with van der Waals surface area (Å²) >= 11 is 1.71. The van der Waals surface area contributed by atoms with Gasteiger partial charge in [-0.3, -0.25) is 4.79 Å². The zero-order chi connectivity index (χ0) is 14.4. The fraction of sp³-hybridized carbons (Fsp3) is 0.500. The maximum absolute atomic E-state index is 10.4. The molecule has 0 fully saturated rings. The molecule has 0 aromatic carbocycles. The number of aromatic nitrogens is 2. The summed E-state index contributed by atoms with van der Waals surface area (Å²) in [5, 5.41) is 13.0. The molecular formula is C14H19N3O2S. The highest BCUT2D eigenvalue weighted by Gasteiger charge is 2.07. The first-order chi connectivity index (χ1) is 9.70. The molecule has 2 N–H and O–H groups in total. The number of rotatable bonds is 8. The van der Waals surface area contributed by atoms with Crippen LogP contribution in [0.25, 0.3) is 10.2 Å². The third-order valence-electron chi connectivity index (χ3n) is 3.09. The Kier molecular flexibility index (Phi) is 5.29. The number of hydrogen-bond acceptors (Lipinski definition) is 5. The number of carboxylic acids is 1. The molecule has 2 aromatic heterocycles. The van der Waals surface area contributed by atoms with Crippen molar-refractivity contribution in [3.05, 3.63) is 17.3 Å². The predicted molar refractivity (Wildman–Crippen MR) is 81.4 cm³/mol. The summed E-state index contributed by atoms with van der Waals surface area (Å²) in [6, 6.07) is 2.15. The number of aliphatic carboxylic acids is 1. The zero-order valence-corrected chi connectivity index (χ0v) is 12.4. The molecule has 0 aliphatic rings. The van der Waals surface area contributed by atoms with Crippen LogP contribution in [-0.4, -0.2) is 27.6 Å². The van der Waals surface area contributed by atoms with E-state index in [2.05, 4.69) is 28.3 Å². The van der Waals surface area contributed by atoms with E-state index in [0.29, 0.717) is 0 Å². The molecule has 0 atom stereocenters. The molecule has 0 saturated carbocycles. The van der Waals surface area contributed by atoms with Crippen molar-refractivity contribution in [1.29, 1.82) is 0 Å². The quantitative estimate of drug-likeness (QED) is 0.730. The van der Waals surface area contributed by atoms with Crippen LogP contribution in [0, 0.1) is 0 Å². The number of aryl methyl sites for hydroxylation is 1. The lowest BCUT2D eigenvalue weighted by atomic mass is 10.2. The molecule has 0 aliphatic carbocycles. The molecule has 20 heavy (non-hydrogen) atoms. The van der Waals surface area contributed by atoms with Crippen LogP contribution in [-0.2, 0) is 11.2 Å². The van der Waals surface area contributed by atoms with Crippen LogP contribution in [0.5, 0.6) is 0 Å². The summed E-state index contributed by atoms with van der Waals surface area (Å²) in [7, 11) is 0. The second kappa shape index (κ2) is 7.19. The highest BCUT2D eigenvalue weighted by molar-refractivity contribution is 7.18. The zero-order valence-electron chi connectivity index (χ0n) is 11.6. The van der Waals surface area contributed by atoms with Crippen molar-refractivity contribution in [3.8, 4) is 0 Å². The van der Waals surface area contributed by atoms with Crippen LogP contribution >= 0.6 is 11.3 Å². The van der Waals surface area contributed by atoms with E-state index >= 15 is 0 Å². The van der Waals surface area contributed by atoms with Gasteiger partial charge in [0.1, 0.15) is 17.0 Å². The van der Waals surface area contributed by atoms with Crippen molar-refractivity contribution in [3.63, 3.8) is 0 Å². The number of fused-ring (bicyclic) bond motifs is 1. The van der Waals surface area contributed by atoms with Crippen molar-refractivity contribution in [2.75, 3.05) is 11.9 Å². The average Bonchev–Trinajstić information content (AvgIpc) is 2.86. The summed E-state index contributed by atoms with van der Waals surface area (Å²) < 4.78 is 0.